The largest absolute Gasteiger partial charge is 0.380 e. The topological polar surface area (TPSA) is 97.1 Å². The monoisotopic (exact) mass is 466 g/mol. The quantitative estimate of drug-likeness (QED) is 0.540. The van der Waals surface area contributed by atoms with Crippen molar-refractivity contribution in [1.82, 2.24) is 20.8 Å². The van der Waals surface area contributed by atoms with Crippen molar-refractivity contribution in [3.63, 3.8) is 0 Å². The highest BCUT2D eigenvalue weighted by Crippen LogP contribution is 2.29. The summed E-state index contributed by atoms with van der Waals surface area (Å²) in [4.78, 5) is 29.8. The standard InChI is InChI=1S/C22H19BrN4O3/c1-13-19(20(27-30-13)14-5-7-16(23)8-6-14)21(28)15-10-18(25-11-15)22(29)26-12-17-4-2-3-9-24-17/h2-10,15,25H,11-12H2,1H3,(H,26,29). The number of aryl methyl sites for hydroxylation is 1. The van der Waals surface area contributed by atoms with Gasteiger partial charge in [0.25, 0.3) is 5.91 Å². The number of carbonyl (C=O) groups excluding carboxylic acids is 2. The highest BCUT2D eigenvalue weighted by Gasteiger charge is 2.31. The molecular formula is C22H19BrN4O3. The van der Waals surface area contributed by atoms with Crippen molar-refractivity contribution in [2.24, 2.45) is 5.92 Å². The Morgan fingerprint density at radius 3 is 2.77 bits per heavy atom. The van der Waals surface area contributed by atoms with Gasteiger partial charge >= 0.3 is 0 Å². The van der Waals surface area contributed by atoms with Crippen LogP contribution in [-0.4, -0.2) is 28.4 Å². The van der Waals surface area contributed by atoms with E-state index >= 15 is 0 Å². The molecule has 1 amide bonds. The van der Waals surface area contributed by atoms with Gasteiger partial charge in [0.15, 0.2) is 5.78 Å². The first kappa shape index (κ1) is 20.0. The average molecular weight is 467 g/mol. The number of nitrogens with one attached hydrogen (secondary N) is 2. The van der Waals surface area contributed by atoms with E-state index in [0.717, 1.165) is 15.7 Å². The molecule has 4 rings (SSSR count). The van der Waals surface area contributed by atoms with Crippen molar-refractivity contribution in [3.05, 3.63) is 81.9 Å². The first-order chi connectivity index (χ1) is 14.5. The molecule has 0 bridgehead atoms. The van der Waals surface area contributed by atoms with Crippen LogP contribution in [0.4, 0.5) is 0 Å². The number of pyridine rings is 1. The van der Waals surface area contributed by atoms with Crippen molar-refractivity contribution in [2.75, 3.05) is 6.54 Å². The van der Waals surface area contributed by atoms with Gasteiger partial charge < -0.3 is 15.2 Å². The molecule has 0 fully saturated rings. The minimum Gasteiger partial charge on any atom is -0.380 e. The zero-order chi connectivity index (χ0) is 21.1. The number of carbonyl (C=O) groups is 2. The van der Waals surface area contributed by atoms with Crippen molar-refractivity contribution >= 4 is 27.6 Å². The third-order valence-electron chi connectivity index (χ3n) is 4.84. The Morgan fingerprint density at radius 1 is 1.23 bits per heavy atom. The molecule has 0 aliphatic carbocycles. The summed E-state index contributed by atoms with van der Waals surface area (Å²) >= 11 is 3.40. The predicted octanol–water partition coefficient (Wildman–Crippen LogP) is 3.41. The maximum Gasteiger partial charge on any atom is 0.267 e. The molecule has 1 aliphatic rings. The van der Waals surface area contributed by atoms with E-state index in [1.807, 2.05) is 42.5 Å². The molecular weight excluding hydrogens is 448 g/mol. The lowest BCUT2D eigenvalue weighted by molar-refractivity contribution is -0.117. The molecule has 152 valence electrons. The van der Waals surface area contributed by atoms with Crippen LogP contribution >= 0.6 is 15.9 Å². The Bertz CT molecular complexity index is 1110. The Kier molecular flexibility index (Phi) is 5.76. The lowest BCUT2D eigenvalue weighted by Gasteiger charge is -2.07. The molecule has 30 heavy (non-hydrogen) atoms. The van der Waals surface area contributed by atoms with Crippen LogP contribution in [0.1, 0.15) is 21.8 Å². The second-order valence-electron chi connectivity index (χ2n) is 6.90. The first-order valence-corrected chi connectivity index (χ1v) is 10.2. The number of halogens is 1. The van der Waals surface area contributed by atoms with E-state index < -0.39 is 5.92 Å². The van der Waals surface area contributed by atoms with E-state index in [4.69, 9.17) is 4.52 Å². The SMILES string of the molecule is Cc1onc(-c2ccc(Br)cc2)c1C(=O)C1C=C(C(=O)NCc2ccccn2)NC1. The van der Waals surface area contributed by atoms with Gasteiger partial charge in [-0.25, -0.2) is 0 Å². The fourth-order valence-corrected chi connectivity index (χ4v) is 3.55. The summed E-state index contributed by atoms with van der Waals surface area (Å²) in [6.45, 7) is 2.38. The normalized spacial score (nSPS) is 15.4. The van der Waals surface area contributed by atoms with Crippen molar-refractivity contribution in [2.45, 2.75) is 13.5 Å². The first-order valence-electron chi connectivity index (χ1n) is 9.43. The number of Topliss-reactive ketones (excluding diaryl/α,β-unsaturated/α-hetero) is 1. The number of aromatic nitrogens is 2. The summed E-state index contributed by atoms with van der Waals surface area (Å²) in [5.41, 5.74) is 2.88. The second-order valence-corrected chi connectivity index (χ2v) is 7.82. The summed E-state index contributed by atoms with van der Waals surface area (Å²) < 4.78 is 6.25. The minimum absolute atomic E-state index is 0.133. The molecule has 1 aromatic carbocycles. The molecule has 0 radical (unpaired) electrons. The lowest BCUT2D eigenvalue weighted by Crippen LogP contribution is -2.30. The van der Waals surface area contributed by atoms with Crippen molar-refractivity contribution in [1.29, 1.82) is 0 Å². The molecule has 7 nitrogen and oxygen atoms in total. The number of hydrogen-bond donors (Lipinski definition) is 2. The van der Waals surface area contributed by atoms with Crippen molar-refractivity contribution in [3.8, 4) is 11.3 Å². The Labute approximate surface area is 181 Å². The van der Waals surface area contributed by atoms with Gasteiger partial charge in [-0.3, -0.25) is 14.6 Å². The number of ketones is 1. The van der Waals surface area contributed by atoms with Crippen LogP contribution in [0.2, 0.25) is 0 Å². The smallest absolute Gasteiger partial charge is 0.267 e. The molecule has 0 saturated carbocycles. The predicted molar refractivity (Wildman–Crippen MR) is 114 cm³/mol. The number of benzene rings is 1. The molecule has 0 spiro atoms. The van der Waals surface area contributed by atoms with E-state index in [0.29, 0.717) is 35.8 Å². The van der Waals surface area contributed by atoms with Crippen LogP contribution in [0.25, 0.3) is 11.3 Å². The zero-order valence-corrected chi connectivity index (χ0v) is 17.8. The molecule has 1 atom stereocenters. The second kappa shape index (κ2) is 8.62. The number of amides is 1. The molecule has 8 heteroatoms. The summed E-state index contributed by atoms with van der Waals surface area (Å²) in [5, 5.41) is 9.92. The molecule has 2 N–H and O–H groups in total. The van der Waals surface area contributed by atoms with E-state index in [-0.39, 0.29) is 11.7 Å². The third-order valence-corrected chi connectivity index (χ3v) is 5.37. The minimum atomic E-state index is -0.479. The Morgan fingerprint density at radius 2 is 2.03 bits per heavy atom. The summed E-state index contributed by atoms with van der Waals surface area (Å²) in [5.74, 6) is -0.426. The van der Waals surface area contributed by atoms with Crippen LogP contribution in [0.5, 0.6) is 0 Å². The van der Waals surface area contributed by atoms with Crippen LogP contribution < -0.4 is 10.6 Å². The van der Waals surface area contributed by atoms with E-state index in [1.54, 1.807) is 19.2 Å². The van der Waals surface area contributed by atoms with Gasteiger partial charge in [-0.05, 0) is 37.3 Å². The van der Waals surface area contributed by atoms with Gasteiger partial charge in [0.05, 0.1) is 29.4 Å². The van der Waals surface area contributed by atoms with Gasteiger partial charge in [-0.15, -0.1) is 0 Å². The van der Waals surface area contributed by atoms with Gasteiger partial charge in [0.1, 0.15) is 11.5 Å². The average Bonchev–Trinajstić information content (AvgIpc) is 3.40. The van der Waals surface area contributed by atoms with Crippen LogP contribution in [0.15, 0.2) is 69.4 Å². The number of rotatable bonds is 6. The van der Waals surface area contributed by atoms with E-state index in [9.17, 15) is 9.59 Å². The highest BCUT2D eigenvalue weighted by atomic mass is 79.9. The maximum atomic E-state index is 13.2. The third kappa shape index (κ3) is 4.18. The van der Waals surface area contributed by atoms with Gasteiger partial charge in [0, 0.05) is 22.8 Å². The van der Waals surface area contributed by atoms with Crippen LogP contribution in [0.3, 0.4) is 0 Å². The molecule has 1 aliphatic heterocycles. The fourth-order valence-electron chi connectivity index (χ4n) is 3.28. The molecule has 3 heterocycles. The summed E-state index contributed by atoms with van der Waals surface area (Å²) in [7, 11) is 0. The molecule has 0 saturated heterocycles. The summed E-state index contributed by atoms with van der Waals surface area (Å²) in [6, 6.07) is 13.0. The van der Waals surface area contributed by atoms with Crippen LogP contribution in [0, 0.1) is 12.8 Å². The lowest BCUT2D eigenvalue weighted by atomic mass is 9.94. The zero-order valence-electron chi connectivity index (χ0n) is 16.2. The van der Waals surface area contributed by atoms with Gasteiger partial charge in [-0.1, -0.05) is 39.3 Å². The molecule has 3 aromatic rings. The highest BCUT2D eigenvalue weighted by molar-refractivity contribution is 9.10. The van der Waals surface area contributed by atoms with Gasteiger partial charge in [0.2, 0.25) is 0 Å². The molecule has 2 aromatic heterocycles. The number of hydrogen-bond acceptors (Lipinski definition) is 6. The van der Waals surface area contributed by atoms with Crippen molar-refractivity contribution < 1.29 is 14.1 Å². The Hall–Kier alpha value is -3.26. The van der Waals surface area contributed by atoms with E-state index in [1.165, 1.54) is 0 Å². The van der Waals surface area contributed by atoms with Gasteiger partial charge in [-0.2, -0.15) is 0 Å². The van der Waals surface area contributed by atoms with E-state index in [2.05, 4.69) is 36.7 Å². The molecule has 1 unspecified atom stereocenters. The number of nitrogens with zero attached hydrogens (tertiary/aromatic N) is 2. The summed E-state index contributed by atoms with van der Waals surface area (Å²) in [6.07, 6.45) is 3.33. The van der Waals surface area contributed by atoms with Crippen LogP contribution in [-0.2, 0) is 11.3 Å². The maximum absolute atomic E-state index is 13.2. The fraction of sp³-hybridized carbons (Fsp3) is 0.182. The Balaban J connectivity index is 1.49.